The summed E-state index contributed by atoms with van der Waals surface area (Å²) in [5, 5.41) is 17.9. The molecule has 0 aliphatic carbocycles. The molecule has 1 fully saturated rings. The topological polar surface area (TPSA) is 110 Å². The van der Waals surface area contributed by atoms with E-state index in [1.807, 2.05) is 13.8 Å². The molecule has 4 rings (SSSR count). The van der Waals surface area contributed by atoms with Gasteiger partial charge in [-0.3, -0.25) is 4.79 Å². The average Bonchev–Trinajstić information content (AvgIpc) is 3.52. The van der Waals surface area contributed by atoms with Crippen molar-refractivity contribution in [3.8, 4) is 17.1 Å². The van der Waals surface area contributed by atoms with Crippen molar-refractivity contribution in [2.24, 2.45) is 0 Å². The summed E-state index contributed by atoms with van der Waals surface area (Å²) in [5.74, 6) is -0.0273. The number of ether oxygens (including phenoxy) is 2. The number of carbonyl (C=O) groups is 1. The lowest BCUT2D eigenvalue weighted by Crippen LogP contribution is -2.29. The number of anilines is 3. The number of amides is 1. The molecule has 1 aliphatic rings. The number of rotatable bonds is 12. The molecule has 1 saturated heterocycles. The Kier molecular flexibility index (Phi) is 16.4. The number of nitrogens with zero attached hydrogens (tertiary/aromatic N) is 3. The van der Waals surface area contributed by atoms with Crippen molar-refractivity contribution in [3.63, 3.8) is 0 Å². The molecule has 0 saturated carbocycles. The fourth-order valence-electron chi connectivity index (χ4n) is 3.57. The number of nitrogens with one attached hydrogen (secondary N) is 3. The summed E-state index contributed by atoms with van der Waals surface area (Å²) in [6, 6.07) is 9.30. The lowest BCUT2D eigenvalue weighted by atomic mass is 10.1. The zero-order valence-corrected chi connectivity index (χ0v) is 26.1. The Bertz CT molecular complexity index is 1230. The van der Waals surface area contributed by atoms with E-state index in [4.69, 9.17) is 21.1 Å². The van der Waals surface area contributed by atoms with Crippen LogP contribution in [0.15, 0.2) is 42.6 Å². The van der Waals surface area contributed by atoms with Gasteiger partial charge < -0.3 is 25.4 Å². The number of halogens is 2. The monoisotopic (exact) mass is 602 g/mol. The molecule has 0 spiro atoms. The van der Waals surface area contributed by atoms with Gasteiger partial charge >= 0.3 is 0 Å². The molecule has 3 heterocycles. The van der Waals surface area contributed by atoms with Crippen molar-refractivity contribution in [2.45, 2.75) is 72.8 Å². The highest BCUT2D eigenvalue weighted by molar-refractivity contribution is 6.30. The molecule has 0 radical (unpaired) electrons. The van der Waals surface area contributed by atoms with Crippen molar-refractivity contribution in [2.75, 3.05) is 36.9 Å². The predicted molar refractivity (Wildman–Crippen MR) is 168 cm³/mol. The van der Waals surface area contributed by atoms with Gasteiger partial charge in [-0.1, -0.05) is 65.5 Å². The SMILES string of the molecule is CC.CCCC.CCCCNCC(=O)Nc1cc(Nc2cc(-c3cc(Cl)ccc3F)nnc2OC2CCOC2)ccn1. The standard InChI is InChI=1S/C25H28ClFN6O3.C4H10.C2H6/c1-2-3-8-28-14-24(34)31-23-12-17(6-9-29-23)30-22-13-21(19-11-16(26)4-5-20(19)27)32-33-25(22)36-18-7-10-35-15-18;1-3-4-2;1-2/h4-6,9,11-13,18,28H,2-3,7-8,10,14-15H2,1H3,(H2,29,30,31,32,34);3-4H2,1-2H3;1-2H3. The maximum absolute atomic E-state index is 14.5. The minimum Gasteiger partial charge on any atom is -0.469 e. The number of unbranched alkanes of at least 4 members (excludes halogenated alkanes) is 2. The van der Waals surface area contributed by atoms with Crippen molar-refractivity contribution in [3.05, 3.63) is 53.4 Å². The van der Waals surface area contributed by atoms with Crippen LogP contribution in [0.1, 0.15) is 66.7 Å². The maximum atomic E-state index is 14.5. The molecule has 9 nitrogen and oxygen atoms in total. The summed E-state index contributed by atoms with van der Waals surface area (Å²) in [4.78, 5) is 16.4. The van der Waals surface area contributed by atoms with Crippen LogP contribution in [0.2, 0.25) is 5.02 Å². The van der Waals surface area contributed by atoms with Crippen molar-refractivity contribution in [1.29, 1.82) is 0 Å². The van der Waals surface area contributed by atoms with Gasteiger partial charge in [-0.25, -0.2) is 9.37 Å². The van der Waals surface area contributed by atoms with Crippen molar-refractivity contribution >= 4 is 34.7 Å². The molecular weight excluding hydrogens is 559 g/mol. The smallest absolute Gasteiger partial charge is 0.257 e. The second-order valence-corrected chi connectivity index (χ2v) is 9.75. The molecule has 0 bridgehead atoms. The van der Waals surface area contributed by atoms with Crippen molar-refractivity contribution in [1.82, 2.24) is 20.5 Å². The zero-order valence-electron chi connectivity index (χ0n) is 25.3. The second kappa shape index (κ2) is 19.7. The van der Waals surface area contributed by atoms with Crippen LogP contribution in [0.25, 0.3) is 11.3 Å². The lowest BCUT2D eigenvalue weighted by Gasteiger charge is -2.16. The Labute approximate surface area is 254 Å². The molecule has 1 aliphatic heterocycles. The summed E-state index contributed by atoms with van der Waals surface area (Å²) >= 11 is 6.07. The molecule has 230 valence electrons. The highest BCUT2D eigenvalue weighted by Gasteiger charge is 2.21. The summed E-state index contributed by atoms with van der Waals surface area (Å²) in [5.41, 5.74) is 1.59. The van der Waals surface area contributed by atoms with Gasteiger partial charge in [0.15, 0.2) is 0 Å². The van der Waals surface area contributed by atoms with Crippen LogP contribution in [-0.4, -0.2) is 53.5 Å². The van der Waals surface area contributed by atoms with Gasteiger partial charge in [-0.05, 0) is 43.3 Å². The Morgan fingerprint density at radius 1 is 1.10 bits per heavy atom. The van der Waals surface area contributed by atoms with E-state index < -0.39 is 5.82 Å². The zero-order chi connectivity index (χ0) is 30.7. The van der Waals surface area contributed by atoms with Crippen LogP contribution in [0, 0.1) is 5.82 Å². The van der Waals surface area contributed by atoms with Gasteiger partial charge in [0.05, 0.1) is 25.5 Å². The van der Waals surface area contributed by atoms with E-state index in [0.717, 1.165) is 25.8 Å². The first-order chi connectivity index (χ1) is 20.4. The number of hydrogen-bond donors (Lipinski definition) is 3. The summed E-state index contributed by atoms with van der Waals surface area (Å²) in [6.45, 7) is 12.5. The molecule has 1 unspecified atom stereocenters. The van der Waals surface area contributed by atoms with Gasteiger partial charge in [-0.2, -0.15) is 0 Å². The molecular formula is C31H44ClFN6O3. The first-order valence-corrected chi connectivity index (χ1v) is 15.1. The van der Waals surface area contributed by atoms with Gasteiger partial charge in [-0.15, -0.1) is 10.2 Å². The maximum Gasteiger partial charge on any atom is 0.257 e. The van der Waals surface area contributed by atoms with Gasteiger partial charge in [0.1, 0.15) is 23.4 Å². The molecule has 1 aromatic carbocycles. The molecule has 42 heavy (non-hydrogen) atoms. The normalized spacial score (nSPS) is 13.7. The highest BCUT2D eigenvalue weighted by Crippen LogP contribution is 2.33. The number of hydrogen-bond acceptors (Lipinski definition) is 8. The largest absolute Gasteiger partial charge is 0.469 e. The van der Waals surface area contributed by atoms with Crippen LogP contribution in [0.5, 0.6) is 5.88 Å². The second-order valence-electron chi connectivity index (χ2n) is 9.31. The van der Waals surface area contributed by atoms with E-state index in [-0.39, 0.29) is 35.7 Å². The van der Waals surface area contributed by atoms with Crippen molar-refractivity contribution < 1.29 is 18.7 Å². The Hall–Kier alpha value is -3.34. The average molecular weight is 603 g/mol. The third kappa shape index (κ3) is 11.9. The first kappa shape index (κ1) is 34.9. The first-order valence-electron chi connectivity index (χ1n) is 14.7. The van der Waals surface area contributed by atoms with Gasteiger partial charge in [0, 0.05) is 35.0 Å². The Morgan fingerprint density at radius 2 is 1.88 bits per heavy atom. The third-order valence-electron chi connectivity index (χ3n) is 5.93. The lowest BCUT2D eigenvalue weighted by molar-refractivity contribution is -0.115. The highest BCUT2D eigenvalue weighted by atomic mass is 35.5. The summed E-state index contributed by atoms with van der Waals surface area (Å²) in [7, 11) is 0. The number of aromatic nitrogens is 3. The summed E-state index contributed by atoms with van der Waals surface area (Å²) in [6.07, 6.45) is 6.83. The fourth-order valence-corrected chi connectivity index (χ4v) is 3.74. The summed E-state index contributed by atoms with van der Waals surface area (Å²) < 4.78 is 25.9. The van der Waals surface area contributed by atoms with E-state index in [1.165, 1.54) is 31.0 Å². The van der Waals surface area contributed by atoms with Gasteiger partial charge in [0.25, 0.3) is 5.88 Å². The minimum absolute atomic E-state index is 0.166. The molecule has 3 aromatic rings. The molecule has 3 N–H and O–H groups in total. The van der Waals surface area contributed by atoms with E-state index in [0.29, 0.717) is 35.4 Å². The molecule has 2 aromatic heterocycles. The van der Waals surface area contributed by atoms with E-state index in [2.05, 4.69) is 51.9 Å². The number of carbonyl (C=O) groups excluding carboxylic acids is 1. The van der Waals surface area contributed by atoms with E-state index in [9.17, 15) is 9.18 Å². The van der Waals surface area contributed by atoms with E-state index >= 15 is 0 Å². The van der Waals surface area contributed by atoms with Gasteiger partial charge in [0.2, 0.25) is 5.91 Å². The Morgan fingerprint density at radius 3 is 2.57 bits per heavy atom. The van der Waals surface area contributed by atoms with E-state index in [1.54, 1.807) is 24.4 Å². The quantitative estimate of drug-likeness (QED) is 0.184. The third-order valence-corrected chi connectivity index (χ3v) is 6.16. The van der Waals surface area contributed by atoms with Crippen LogP contribution in [0.3, 0.4) is 0 Å². The number of pyridine rings is 1. The van der Waals surface area contributed by atoms with Crippen LogP contribution < -0.4 is 20.7 Å². The van der Waals surface area contributed by atoms with Crippen LogP contribution >= 0.6 is 11.6 Å². The molecule has 11 heteroatoms. The minimum atomic E-state index is -0.473. The number of benzene rings is 1. The molecule has 1 amide bonds. The van der Waals surface area contributed by atoms with Crippen LogP contribution in [-0.2, 0) is 9.53 Å². The van der Waals surface area contributed by atoms with Crippen LogP contribution in [0.4, 0.5) is 21.6 Å². The predicted octanol–water partition coefficient (Wildman–Crippen LogP) is 7.40. The fraction of sp³-hybridized carbons (Fsp3) is 0.484. The molecule has 1 atom stereocenters. The Balaban J connectivity index is 0.000000947.